The lowest BCUT2D eigenvalue weighted by Crippen LogP contribution is -2.31. The number of hydrogen-bond donors (Lipinski definition) is 1. The topological polar surface area (TPSA) is 68.2 Å². The molecule has 0 aliphatic carbocycles. The van der Waals surface area contributed by atoms with Gasteiger partial charge in [-0.3, -0.25) is 10.0 Å². The van der Waals surface area contributed by atoms with Gasteiger partial charge in [0.2, 0.25) is 5.91 Å². The molecule has 0 radical (unpaired) electrons. The second kappa shape index (κ2) is 10.9. The van der Waals surface area contributed by atoms with Crippen molar-refractivity contribution in [3.8, 4) is 0 Å². The van der Waals surface area contributed by atoms with Crippen LogP contribution in [0.5, 0.6) is 0 Å². The zero-order valence-corrected chi connectivity index (χ0v) is 16.8. The molecule has 0 spiro atoms. The molecule has 1 N–H and O–H groups in total. The second-order valence-corrected chi connectivity index (χ2v) is 7.89. The van der Waals surface area contributed by atoms with Gasteiger partial charge in [0.05, 0.1) is 25.4 Å². The van der Waals surface area contributed by atoms with Crippen molar-refractivity contribution < 1.29 is 24.2 Å². The minimum atomic E-state index is -0.253. The summed E-state index contributed by atoms with van der Waals surface area (Å²) in [7, 11) is 1.36. The maximum atomic E-state index is 11.3. The lowest BCUT2D eigenvalue weighted by Gasteiger charge is -2.27. The summed E-state index contributed by atoms with van der Waals surface area (Å²) >= 11 is 0. The molecule has 1 aromatic rings. The highest BCUT2D eigenvalue weighted by molar-refractivity contribution is 5.74. The van der Waals surface area contributed by atoms with E-state index < -0.39 is 0 Å². The minimum absolute atomic E-state index is 0.253. The first-order valence-electron chi connectivity index (χ1n) is 10.5. The molecule has 3 rings (SSSR count). The average Bonchev–Trinajstić information content (AvgIpc) is 3.30. The molecule has 156 valence electrons. The van der Waals surface area contributed by atoms with Gasteiger partial charge < -0.3 is 14.2 Å². The van der Waals surface area contributed by atoms with Crippen molar-refractivity contribution in [2.24, 2.45) is 11.8 Å². The number of fused-ring (bicyclic) bond motifs is 2. The molecule has 2 bridgehead atoms. The Morgan fingerprint density at radius 3 is 2.61 bits per heavy atom. The van der Waals surface area contributed by atoms with Crippen molar-refractivity contribution in [1.29, 1.82) is 0 Å². The lowest BCUT2D eigenvalue weighted by atomic mass is 9.78. The van der Waals surface area contributed by atoms with Gasteiger partial charge in [0.15, 0.2) is 0 Å². The molecule has 2 saturated heterocycles. The van der Waals surface area contributed by atoms with Crippen LogP contribution in [0.15, 0.2) is 30.3 Å². The van der Waals surface area contributed by atoms with Crippen molar-refractivity contribution in [2.75, 3.05) is 26.9 Å². The number of hydroxylamine groups is 2. The Balaban J connectivity index is 1.32. The standard InChI is InChI=1S/C22H33NO5/c1-23(25)22(24)9-5-6-13-26-16-19-18(20-10-11-21(19)28-20)12-14-27-15-17-7-3-2-4-8-17/h2-4,7-8,18-21,25H,5-6,9-16H2,1H3. The van der Waals surface area contributed by atoms with Gasteiger partial charge in [-0.2, -0.15) is 0 Å². The fourth-order valence-corrected chi connectivity index (χ4v) is 4.35. The number of nitrogens with zero attached hydrogens (tertiary/aromatic N) is 1. The average molecular weight is 392 g/mol. The molecular formula is C22H33NO5. The van der Waals surface area contributed by atoms with E-state index in [0.717, 1.165) is 45.3 Å². The van der Waals surface area contributed by atoms with E-state index in [1.807, 2.05) is 18.2 Å². The van der Waals surface area contributed by atoms with Crippen LogP contribution in [0.4, 0.5) is 0 Å². The number of ether oxygens (including phenoxy) is 3. The predicted octanol–water partition coefficient (Wildman–Crippen LogP) is 3.42. The quantitative estimate of drug-likeness (QED) is 0.336. The van der Waals surface area contributed by atoms with Crippen molar-refractivity contribution in [3.05, 3.63) is 35.9 Å². The highest BCUT2D eigenvalue weighted by Gasteiger charge is 2.48. The molecule has 4 atom stereocenters. The Morgan fingerprint density at radius 2 is 1.86 bits per heavy atom. The molecule has 2 aliphatic rings. The van der Waals surface area contributed by atoms with E-state index in [0.29, 0.717) is 48.7 Å². The maximum absolute atomic E-state index is 11.3. The normalized spacial score (nSPS) is 25.9. The highest BCUT2D eigenvalue weighted by Crippen LogP contribution is 2.45. The molecule has 1 aromatic carbocycles. The van der Waals surface area contributed by atoms with E-state index in [1.165, 1.54) is 12.6 Å². The van der Waals surface area contributed by atoms with Gasteiger partial charge >= 0.3 is 0 Å². The Bertz CT molecular complexity index is 594. The third kappa shape index (κ3) is 6.01. The van der Waals surface area contributed by atoms with Gasteiger partial charge in [0.25, 0.3) is 0 Å². The molecule has 28 heavy (non-hydrogen) atoms. The molecule has 6 nitrogen and oxygen atoms in total. The van der Waals surface area contributed by atoms with Crippen molar-refractivity contribution in [3.63, 3.8) is 0 Å². The number of unbranched alkanes of at least 4 members (excludes halogenated alkanes) is 1. The van der Waals surface area contributed by atoms with Crippen molar-refractivity contribution in [2.45, 2.75) is 57.3 Å². The summed E-state index contributed by atoms with van der Waals surface area (Å²) in [6.45, 7) is 2.77. The molecule has 2 fully saturated rings. The van der Waals surface area contributed by atoms with E-state index in [4.69, 9.17) is 19.4 Å². The van der Waals surface area contributed by atoms with Crippen LogP contribution in [-0.2, 0) is 25.6 Å². The van der Waals surface area contributed by atoms with Crippen LogP contribution in [0.3, 0.4) is 0 Å². The fourth-order valence-electron chi connectivity index (χ4n) is 4.35. The summed E-state index contributed by atoms with van der Waals surface area (Å²) in [4.78, 5) is 11.3. The van der Waals surface area contributed by atoms with Crippen LogP contribution in [0.1, 0.15) is 44.1 Å². The molecular weight excluding hydrogens is 358 g/mol. The molecule has 0 saturated carbocycles. The number of carbonyl (C=O) groups is 1. The van der Waals surface area contributed by atoms with Gasteiger partial charge in [-0.25, -0.2) is 5.06 Å². The van der Waals surface area contributed by atoms with Crippen molar-refractivity contribution in [1.82, 2.24) is 5.06 Å². The largest absolute Gasteiger partial charge is 0.381 e. The smallest absolute Gasteiger partial charge is 0.245 e. The number of carbonyl (C=O) groups excluding carboxylic acids is 1. The molecule has 4 unspecified atom stereocenters. The third-order valence-electron chi connectivity index (χ3n) is 5.90. The monoisotopic (exact) mass is 391 g/mol. The Labute approximate surface area is 167 Å². The lowest BCUT2D eigenvalue weighted by molar-refractivity contribution is -0.159. The molecule has 6 heteroatoms. The first kappa shape index (κ1) is 21.2. The number of amides is 1. The van der Waals surface area contributed by atoms with Crippen molar-refractivity contribution >= 4 is 5.91 Å². The van der Waals surface area contributed by atoms with E-state index in [2.05, 4.69) is 12.1 Å². The Kier molecular flexibility index (Phi) is 8.27. The summed E-state index contributed by atoms with van der Waals surface area (Å²) in [5.41, 5.74) is 1.21. The fraction of sp³-hybridized carbons (Fsp3) is 0.682. The first-order chi connectivity index (χ1) is 13.6. The van der Waals surface area contributed by atoms with Gasteiger partial charge in [-0.1, -0.05) is 30.3 Å². The van der Waals surface area contributed by atoms with Crippen LogP contribution in [-0.4, -0.2) is 55.3 Å². The molecule has 0 aromatic heterocycles. The van der Waals surface area contributed by atoms with Gasteiger partial charge in [0.1, 0.15) is 0 Å². The number of hydrogen-bond acceptors (Lipinski definition) is 5. The molecule has 1 amide bonds. The van der Waals surface area contributed by atoms with E-state index in [9.17, 15) is 4.79 Å². The number of rotatable bonds is 12. The summed E-state index contributed by atoms with van der Waals surface area (Å²) in [6, 6.07) is 10.3. The van der Waals surface area contributed by atoms with Crippen LogP contribution in [0, 0.1) is 11.8 Å². The van der Waals surface area contributed by atoms with Crippen LogP contribution in [0.2, 0.25) is 0 Å². The van der Waals surface area contributed by atoms with E-state index in [1.54, 1.807) is 0 Å². The van der Waals surface area contributed by atoms with Crippen LogP contribution < -0.4 is 0 Å². The third-order valence-corrected chi connectivity index (χ3v) is 5.90. The zero-order valence-electron chi connectivity index (χ0n) is 16.8. The maximum Gasteiger partial charge on any atom is 0.245 e. The van der Waals surface area contributed by atoms with E-state index >= 15 is 0 Å². The molecule has 2 heterocycles. The van der Waals surface area contributed by atoms with Gasteiger partial charge in [0, 0.05) is 32.6 Å². The SMILES string of the molecule is CN(O)C(=O)CCCCOCC1C2CCC(O2)C1CCOCc1ccccc1. The summed E-state index contributed by atoms with van der Waals surface area (Å²) in [5.74, 6) is 0.709. The zero-order chi connectivity index (χ0) is 19.8. The Hall–Kier alpha value is -1.47. The minimum Gasteiger partial charge on any atom is -0.381 e. The van der Waals surface area contributed by atoms with Gasteiger partial charge in [-0.05, 0) is 43.6 Å². The first-order valence-corrected chi connectivity index (χ1v) is 10.5. The summed E-state index contributed by atoms with van der Waals surface area (Å²) in [6.07, 6.45) is 5.90. The second-order valence-electron chi connectivity index (χ2n) is 7.89. The van der Waals surface area contributed by atoms with Crippen LogP contribution >= 0.6 is 0 Å². The Morgan fingerprint density at radius 1 is 1.11 bits per heavy atom. The molecule has 2 aliphatic heterocycles. The summed E-state index contributed by atoms with van der Waals surface area (Å²) in [5, 5.41) is 9.69. The van der Waals surface area contributed by atoms with E-state index in [-0.39, 0.29) is 5.91 Å². The highest BCUT2D eigenvalue weighted by atomic mass is 16.5. The summed E-state index contributed by atoms with van der Waals surface area (Å²) < 4.78 is 17.9. The number of benzene rings is 1. The predicted molar refractivity (Wildman–Crippen MR) is 105 cm³/mol. The van der Waals surface area contributed by atoms with Crippen LogP contribution in [0.25, 0.3) is 0 Å². The van der Waals surface area contributed by atoms with Gasteiger partial charge in [-0.15, -0.1) is 0 Å².